The lowest BCUT2D eigenvalue weighted by atomic mass is 10.2. The second-order valence-electron chi connectivity index (χ2n) is 8.61. The molecule has 37 heavy (non-hydrogen) atoms. The van der Waals surface area contributed by atoms with Gasteiger partial charge in [0.1, 0.15) is 11.5 Å². The molecule has 192 valence electrons. The number of hydrogen-bond acceptors (Lipinski definition) is 5. The van der Waals surface area contributed by atoms with E-state index in [1.165, 1.54) is 6.07 Å². The van der Waals surface area contributed by atoms with Gasteiger partial charge in [0.05, 0.1) is 16.0 Å². The third-order valence-electron chi connectivity index (χ3n) is 6.05. The van der Waals surface area contributed by atoms with E-state index in [0.717, 1.165) is 23.1 Å². The maximum absolute atomic E-state index is 12.9. The van der Waals surface area contributed by atoms with Crippen molar-refractivity contribution in [3.05, 3.63) is 82.9 Å². The van der Waals surface area contributed by atoms with E-state index in [1.54, 1.807) is 17.0 Å². The van der Waals surface area contributed by atoms with Crippen molar-refractivity contribution in [1.29, 1.82) is 0 Å². The van der Waals surface area contributed by atoms with E-state index in [0.29, 0.717) is 49.9 Å². The number of hydrogen-bond donors (Lipinski definition) is 1. The molecule has 5 rings (SSSR count). The maximum Gasteiger partial charge on any atom is 0.417 e. The summed E-state index contributed by atoms with van der Waals surface area (Å²) in [4.78, 5) is 16.7. The van der Waals surface area contributed by atoms with Gasteiger partial charge in [-0.1, -0.05) is 41.0 Å². The van der Waals surface area contributed by atoms with Crippen molar-refractivity contribution in [1.82, 2.24) is 15.0 Å². The van der Waals surface area contributed by atoms with E-state index in [-0.39, 0.29) is 11.8 Å². The summed E-state index contributed by atoms with van der Waals surface area (Å²) in [6, 6.07) is 17.7. The van der Waals surface area contributed by atoms with Crippen LogP contribution in [0.25, 0.3) is 11.0 Å². The summed E-state index contributed by atoms with van der Waals surface area (Å²) in [5, 5.41) is 7.10. The zero-order valence-corrected chi connectivity index (χ0v) is 20.2. The van der Waals surface area contributed by atoms with Crippen LogP contribution in [0.15, 0.2) is 71.3 Å². The number of rotatable bonds is 5. The zero-order valence-electron chi connectivity index (χ0n) is 19.5. The van der Waals surface area contributed by atoms with Crippen LogP contribution in [-0.4, -0.2) is 47.2 Å². The number of urea groups is 1. The van der Waals surface area contributed by atoms with E-state index in [4.69, 9.17) is 20.9 Å². The minimum atomic E-state index is -4.52. The summed E-state index contributed by atoms with van der Waals surface area (Å²) in [6.07, 6.45) is -4.52. The maximum atomic E-state index is 12.9. The Morgan fingerprint density at radius 1 is 1.00 bits per heavy atom. The molecule has 0 aliphatic carbocycles. The molecule has 1 N–H and O–H groups in total. The molecule has 0 radical (unpaired) electrons. The number of amides is 2. The van der Waals surface area contributed by atoms with Gasteiger partial charge in [0, 0.05) is 38.8 Å². The number of piperazine rings is 1. The first-order chi connectivity index (χ1) is 17.8. The van der Waals surface area contributed by atoms with Gasteiger partial charge >= 0.3 is 12.2 Å². The van der Waals surface area contributed by atoms with E-state index in [9.17, 15) is 18.0 Å². The van der Waals surface area contributed by atoms with E-state index in [1.807, 2.05) is 36.4 Å². The van der Waals surface area contributed by atoms with Gasteiger partial charge in [-0.2, -0.15) is 13.2 Å². The molecule has 7 nitrogen and oxygen atoms in total. The SMILES string of the molecule is O=C(Nc1noc2ccccc12)N1CCN(Cc2cccc(Oc3ccc(C(F)(F)F)c(Cl)c3)c2)CC1. The predicted molar refractivity (Wildman–Crippen MR) is 133 cm³/mol. The van der Waals surface area contributed by atoms with Crippen molar-refractivity contribution < 1.29 is 27.2 Å². The Kier molecular flexibility index (Phi) is 6.94. The van der Waals surface area contributed by atoms with Gasteiger partial charge in [-0.25, -0.2) is 4.79 Å². The minimum Gasteiger partial charge on any atom is -0.457 e. The normalized spacial score (nSPS) is 14.6. The molecule has 0 bridgehead atoms. The van der Waals surface area contributed by atoms with Crippen LogP contribution in [-0.2, 0) is 12.7 Å². The Morgan fingerprint density at radius 2 is 1.76 bits per heavy atom. The van der Waals surface area contributed by atoms with Crippen molar-refractivity contribution in [3.8, 4) is 11.5 Å². The van der Waals surface area contributed by atoms with Gasteiger partial charge in [-0.3, -0.25) is 10.2 Å². The van der Waals surface area contributed by atoms with Crippen molar-refractivity contribution in [3.63, 3.8) is 0 Å². The van der Waals surface area contributed by atoms with E-state index in [2.05, 4.69) is 15.4 Å². The molecule has 2 heterocycles. The highest BCUT2D eigenvalue weighted by Crippen LogP contribution is 2.37. The Labute approximate surface area is 215 Å². The number of fused-ring (bicyclic) bond motifs is 1. The van der Waals surface area contributed by atoms with Crippen LogP contribution in [0, 0.1) is 0 Å². The van der Waals surface area contributed by atoms with Crippen molar-refractivity contribution in [2.75, 3.05) is 31.5 Å². The molecule has 1 aliphatic heterocycles. The molecule has 4 aromatic rings. The molecule has 2 amide bonds. The molecular weight excluding hydrogens is 509 g/mol. The molecular formula is C26H22ClF3N4O3. The Balaban J connectivity index is 1.15. The van der Waals surface area contributed by atoms with Gasteiger partial charge in [0.2, 0.25) is 0 Å². The summed E-state index contributed by atoms with van der Waals surface area (Å²) in [6.45, 7) is 3.07. The number of aromatic nitrogens is 1. The summed E-state index contributed by atoms with van der Waals surface area (Å²) in [5.41, 5.74) is 0.676. The Morgan fingerprint density at radius 3 is 2.51 bits per heavy atom. The lowest BCUT2D eigenvalue weighted by Crippen LogP contribution is -2.49. The number of carbonyl (C=O) groups excluding carboxylic acids is 1. The van der Waals surface area contributed by atoms with Crippen molar-refractivity contribution >= 4 is 34.4 Å². The van der Waals surface area contributed by atoms with Crippen LogP contribution in [0.3, 0.4) is 0 Å². The fraction of sp³-hybridized carbons (Fsp3) is 0.231. The summed E-state index contributed by atoms with van der Waals surface area (Å²) in [7, 11) is 0. The molecule has 0 atom stereocenters. The number of anilines is 1. The van der Waals surface area contributed by atoms with Gasteiger partial charge in [0.25, 0.3) is 0 Å². The van der Waals surface area contributed by atoms with Crippen LogP contribution >= 0.6 is 11.6 Å². The lowest BCUT2D eigenvalue weighted by molar-refractivity contribution is -0.137. The van der Waals surface area contributed by atoms with Crippen LogP contribution in [0.2, 0.25) is 5.02 Å². The number of para-hydroxylation sites is 1. The molecule has 1 aromatic heterocycles. The second kappa shape index (κ2) is 10.3. The van der Waals surface area contributed by atoms with Gasteiger partial charge in [-0.15, -0.1) is 0 Å². The highest BCUT2D eigenvalue weighted by Gasteiger charge is 2.33. The lowest BCUT2D eigenvalue weighted by Gasteiger charge is -2.34. The van der Waals surface area contributed by atoms with E-state index >= 15 is 0 Å². The summed E-state index contributed by atoms with van der Waals surface area (Å²) < 4.78 is 49.8. The first-order valence-electron chi connectivity index (χ1n) is 11.5. The third kappa shape index (κ3) is 5.81. The quantitative estimate of drug-likeness (QED) is 0.313. The number of alkyl halides is 3. The molecule has 0 unspecified atom stereocenters. The smallest absolute Gasteiger partial charge is 0.417 e. The number of halogens is 4. The molecule has 3 aromatic carbocycles. The largest absolute Gasteiger partial charge is 0.457 e. The van der Waals surface area contributed by atoms with Gasteiger partial charge < -0.3 is 14.2 Å². The molecule has 1 aliphatic rings. The highest BCUT2D eigenvalue weighted by atomic mass is 35.5. The van der Waals surface area contributed by atoms with Crippen molar-refractivity contribution in [2.24, 2.45) is 0 Å². The first-order valence-corrected chi connectivity index (χ1v) is 11.9. The molecule has 1 saturated heterocycles. The summed E-state index contributed by atoms with van der Waals surface area (Å²) in [5.74, 6) is 1.11. The van der Waals surface area contributed by atoms with Crippen LogP contribution in [0.1, 0.15) is 11.1 Å². The highest BCUT2D eigenvalue weighted by molar-refractivity contribution is 6.31. The first kappa shape index (κ1) is 24.9. The monoisotopic (exact) mass is 530 g/mol. The molecule has 11 heteroatoms. The van der Waals surface area contributed by atoms with Crippen LogP contribution in [0.4, 0.5) is 23.8 Å². The number of carbonyl (C=O) groups is 1. The topological polar surface area (TPSA) is 70.8 Å². The van der Waals surface area contributed by atoms with Crippen LogP contribution in [0.5, 0.6) is 11.5 Å². The number of nitrogens with one attached hydrogen (secondary N) is 1. The van der Waals surface area contributed by atoms with Crippen molar-refractivity contribution in [2.45, 2.75) is 12.7 Å². The Hall–Kier alpha value is -3.76. The predicted octanol–water partition coefficient (Wildman–Crippen LogP) is 6.64. The third-order valence-corrected chi connectivity index (χ3v) is 6.36. The molecule has 0 spiro atoms. The van der Waals surface area contributed by atoms with Gasteiger partial charge in [0.15, 0.2) is 11.4 Å². The number of nitrogens with zero attached hydrogens (tertiary/aromatic N) is 3. The minimum absolute atomic E-state index is 0.217. The average molecular weight is 531 g/mol. The average Bonchev–Trinajstić information content (AvgIpc) is 3.27. The zero-order chi connectivity index (χ0) is 26.0. The number of benzene rings is 3. The fourth-order valence-electron chi connectivity index (χ4n) is 4.16. The summed E-state index contributed by atoms with van der Waals surface area (Å²) >= 11 is 5.79. The molecule has 0 saturated carbocycles. The van der Waals surface area contributed by atoms with E-state index < -0.39 is 16.8 Å². The molecule has 1 fully saturated rings. The standard InChI is InChI=1S/C26H22ClF3N4O3/c27-22-15-19(8-9-21(22)26(28,29)30)36-18-5-3-4-17(14-18)16-33-10-12-34(13-11-33)25(35)31-24-20-6-1-2-7-23(20)37-32-24/h1-9,14-15H,10-13,16H2,(H,31,32,35). The number of ether oxygens (including phenoxy) is 1. The fourth-order valence-corrected chi connectivity index (χ4v) is 4.43. The Bertz CT molecular complexity index is 1420. The second-order valence-corrected chi connectivity index (χ2v) is 9.02. The van der Waals surface area contributed by atoms with Crippen LogP contribution < -0.4 is 10.1 Å². The van der Waals surface area contributed by atoms with Gasteiger partial charge in [-0.05, 0) is 42.0 Å².